The van der Waals surface area contributed by atoms with Gasteiger partial charge in [0.2, 0.25) is 11.8 Å². The average Bonchev–Trinajstić information content (AvgIpc) is 2.93. The number of amides is 3. The normalized spacial score (nSPS) is 15.7. The van der Waals surface area contributed by atoms with E-state index in [9.17, 15) is 29.4 Å². The van der Waals surface area contributed by atoms with Crippen LogP contribution in [-0.4, -0.2) is 65.2 Å². The molecule has 0 aromatic carbocycles. The van der Waals surface area contributed by atoms with Crippen LogP contribution in [0, 0.1) is 17.8 Å². The Kier molecular flexibility index (Phi) is 16.8. The number of nitrogens with one attached hydrogen (secondary N) is 3. The highest BCUT2D eigenvalue weighted by molar-refractivity contribution is 5.89. The Hall–Kier alpha value is -3.66. The van der Waals surface area contributed by atoms with Crippen LogP contribution in [0.2, 0.25) is 0 Å². The molecule has 5 N–H and O–H groups in total. The summed E-state index contributed by atoms with van der Waals surface area (Å²) in [7, 11) is 0. The number of rotatable bonds is 19. The maximum absolute atomic E-state index is 12.9. The second kappa shape index (κ2) is 19.5. The van der Waals surface area contributed by atoms with Gasteiger partial charge in [0, 0.05) is 18.0 Å². The number of aliphatic carboxylic acids is 1. The number of hydrogen-bond donors (Lipinski definition) is 5. The van der Waals surface area contributed by atoms with Gasteiger partial charge in [-0.2, -0.15) is 0 Å². The Morgan fingerprint density at radius 1 is 1.02 bits per heavy atom. The van der Waals surface area contributed by atoms with Gasteiger partial charge < -0.3 is 30.9 Å². The van der Waals surface area contributed by atoms with Gasteiger partial charge in [0.15, 0.2) is 6.61 Å². The van der Waals surface area contributed by atoms with Gasteiger partial charge in [-0.3, -0.25) is 14.4 Å². The number of carbonyl (C=O) groups excluding carboxylic acids is 3. The van der Waals surface area contributed by atoms with E-state index in [0.29, 0.717) is 25.1 Å². The predicted octanol–water partition coefficient (Wildman–Crippen LogP) is 3.56. The molecule has 1 aliphatic rings. The maximum Gasteiger partial charge on any atom is 0.326 e. The van der Waals surface area contributed by atoms with Crippen molar-refractivity contribution in [2.24, 2.45) is 17.8 Å². The molecule has 1 rings (SSSR count). The van der Waals surface area contributed by atoms with E-state index in [1.807, 2.05) is 58.9 Å². The van der Waals surface area contributed by atoms with E-state index in [0.717, 1.165) is 12.0 Å². The van der Waals surface area contributed by atoms with Crippen LogP contribution in [0.1, 0.15) is 66.7 Å². The van der Waals surface area contributed by atoms with E-state index >= 15 is 0 Å². The molecule has 42 heavy (non-hydrogen) atoms. The maximum atomic E-state index is 12.9. The molecule has 0 aromatic heterocycles. The molecule has 0 spiro atoms. The van der Waals surface area contributed by atoms with Crippen molar-refractivity contribution < 1.29 is 34.1 Å². The quantitative estimate of drug-likeness (QED) is 0.114. The summed E-state index contributed by atoms with van der Waals surface area (Å²) in [6.07, 6.45) is 12.8. The molecule has 0 saturated carbocycles. The van der Waals surface area contributed by atoms with Gasteiger partial charge in [0.1, 0.15) is 11.8 Å². The molecular weight excluding hydrogens is 538 g/mol. The van der Waals surface area contributed by atoms with E-state index in [1.165, 1.54) is 0 Å². The Labute approximate surface area is 250 Å². The van der Waals surface area contributed by atoms with Gasteiger partial charge in [0.05, 0.1) is 18.6 Å². The van der Waals surface area contributed by atoms with Crippen molar-refractivity contribution in [2.75, 3.05) is 13.2 Å². The van der Waals surface area contributed by atoms with Crippen LogP contribution in [0.4, 0.5) is 0 Å². The van der Waals surface area contributed by atoms with Crippen molar-refractivity contribution in [1.29, 1.82) is 0 Å². The number of aliphatic hydroxyl groups is 1. The van der Waals surface area contributed by atoms with Gasteiger partial charge in [0.25, 0.3) is 5.91 Å². The molecule has 0 heterocycles. The number of ether oxygens (including phenoxy) is 1. The van der Waals surface area contributed by atoms with E-state index in [1.54, 1.807) is 18.2 Å². The predicted molar refractivity (Wildman–Crippen MR) is 163 cm³/mol. The van der Waals surface area contributed by atoms with Gasteiger partial charge in [-0.1, -0.05) is 77.7 Å². The lowest BCUT2D eigenvalue weighted by molar-refractivity contribution is -0.144. The van der Waals surface area contributed by atoms with Crippen molar-refractivity contribution in [1.82, 2.24) is 16.0 Å². The first-order valence-electron chi connectivity index (χ1n) is 14.6. The van der Waals surface area contributed by atoms with Gasteiger partial charge in [-0.05, 0) is 43.6 Å². The minimum atomic E-state index is -1.50. The summed E-state index contributed by atoms with van der Waals surface area (Å²) in [5.41, 5.74) is 0.749. The highest BCUT2D eigenvalue weighted by atomic mass is 16.5. The molecule has 0 aliphatic heterocycles. The van der Waals surface area contributed by atoms with Crippen molar-refractivity contribution in [3.63, 3.8) is 0 Å². The van der Waals surface area contributed by atoms with Crippen LogP contribution < -0.4 is 16.0 Å². The molecule has 4 atom stereocenters. The number of carbonyl (C=O) groups is 4. The average molecular weight is 588 g/mol. The zero-order valence-electron chi connectivity index (χ0n) is 25.6. The fraction of sp³-hybridized carbons (Fsp3) is 0.562. The fourth-order valence-corrected chi connectivity index (χ4v) is 4.29. The minimum absolute atomic E-state index is 0.110. The minimum Gasteiger partial charge on any atom is -0.483 e. The zero-order chi connectivity index (χ0) is 31.7. The summed E-state index contributed by atoms with van der Waals surface area (Å²) in [4.78, 5) is 50.0. The van der Waals surface area contributed by atoms with E-state index in [2.05, 4.69) is 22.5 Å². The molecule has 0 saturated heterocycles. The monoisotopic (exact) mass is 587 g/mol. The molecule has 3 amide bonds. The Morgan fingerprint density at radius 2 is 1.69 bits per heavy atom. The van der Waals surface area contributed by atoms with Crippen LogP contribution in [0.25, 0.3) is 0 Å². The largest absolute Gasteiger partial charge is 0.483 e. The molecule has 234 valence electrons. The third-order valence-electron chi connectivity index (χ3n) is 6.53. The third-order valence-corrected chi connectivity index (χ3v) is 6.53. The molecule has 0 bridgehead atoms. The smallest absolute Gasteiger partial charge is 0.326 e. The number of aliphatic hydroxyl groups excluding tert-OH is 1. The number of allylic oxidation sites excluding steroid dienone is 8. The summed E-state index contributed by atoms with van der Waals surface area (Å²) in [6.45, 7) is 13.4. The standard InChI is InChI=1S/C32H49N3O7/c1-7-9-15-28(24-13-11-10-12-14-24)42-20-30(38)35-26(32(40)41)18-29(37)34-25(16-21(3)4)27(36)17-23(8-2)31(39)33-19-22(5)6/h7,9,11-15,21-23,25-27,36H,1,8,10,16-20H2,2-6H3,(H,33,39)(H,34,37)(H,35,38)(H,40,41)/b15-9-/t23-,25+,26+,27+/m1/s1. The molecule has 0 fully saturated rings. The van der Waals surface area contributed by atoms with Crippen molar-refractivity contribution >= 4 is 23.7 Å². The first kappa shape index (κ1) is 36.4. The van der Waals surface area contributed by atoms with Crippen LogP contribution in [0.3, 0.4) is 0 Å². The lowest BCUT2D eigenvalue weighted by atomic mass is 9.90. The lowest BCUT2D eigenvalue weighted by Crippen LogP contribution is -2.50. The number of hydrogen-bond acceptors (Lipinski definition) is 6. The van der Waals surface area contributed by atoms with Crippen LogP contribution in [0.15, 0.2) is 60.4 Å². The van der Waals surface area contributed by atoms with Crippen LogP contribution in [0.5, 0.6) is 0 Å². The second-order valence-electron chi connectivity index (χ2n) is 11.3. The highest BCUT2D eigenvalue weighted by Crippen LogP contribution is 2.19. The van der Waals surface area contributed by atoms with Crippen molar-refractivity contribution in [3.05, 3.63) is 60.4 Å². The molecule has 0 aromatic rings. The highest BCUT2D eigenvalue weighted by Gasteiger charge is 2.30. The molecular formula is C32H49N3O7. The van der Waals surface area contributed by atoms with Crippen molar-refractivity contribution in [2.45, 2.75) is 84.9 Å². The molecule has 0 unspecified atom stereocenters. The summed E-state index contributed by atoms with van der Waals surface area (Å²) in [5.74, 6) is -2.49. The van der Waals surface area contributed by atoms with Gasteiger partial charge in [-0.15, -0.1) is 0 Å². The first-order valence-corrected chi connectivity index (χ1v) is 14.6. The number of carboxylic acid groups (broad SMARTS) is 1. The van der Waals surface area contributed by atoms with E-state index in [-0.39, 0.29) is 24.2 Å². The third kappa shape index (κ3) is 14.3. The summed E-state index contributed by atoms with van der Waals surface area (Å²) in [5, 5.41) is 28.6. The van der Waals surface area contributed by atoms with Gasteiger partial charge in [-0.25, -0.2) is 4.79 Å². The van der Waals surface area contributed by atoms with E-state index < -0.39 is 54.9 Å². The molecule has 1 aliphatic carbocycles. The van der Waals surface area contributed by atoms with E-state index in [4.69, 9.17) is 4.74 Å². The summed E-state index contributed by atoms with van der Waals surface area (Å²) in [6, 6.07) is -2.20. The second-order valence-corrected chi connectivity index (χ2v) is 11.3. The Bertz CT molecular complexity index is 1030. The van der Waals surface area contributed by atoms with Gasteiger partial charge >= 0.3 is 5.97 Å². The topological polar surface area (TPSA) is 154 Å². The van der Waals surface area contributed by atoms with Crippen molar-refractivity contribution in [3.8, 4) is 0 Å². The van der Waals surface area contributed by atoms with Crippen LogP contribution in [-0.2, 0) is 23.9 Å². The summed E-state index contributed by atoms with van der Waals surface area (Å²) >= 11 is 0. The summed E-state index contributed by atoms with van der Waals surface area (Å²) < 4.78 is 5.64. The molecule has 10 heteroatoms. The number of carboxylic acids is 1. The van der Waals surface area contributed by atoms with Crippen LogP contribution >= 0.6 is 0 Å². The first-order chi connectivity index (χ1) is 19.9. The molecule has 10 nitrogen and oxygen atoms in total. The SMILES string of the molecule is C=C/C=C\C(OCC(=O)N[C@@H](CC(=O)N[C@@H](CC(C)C)[C@@H](O)C[C@@H](CC)C(=O)NCC(C)C)C(=O)O)=C1C=CCC=C1. The Balaban J connectivity index is 2.84. The Morgan fingerprint density at radius 3 is 2.24 bits per heavy atom. The molecule has 0 radical (unpaired) electrons. The lowest BCUT2D eigenvalue weighted by Gasteiger charge is -2.28. The zero-order valence-corrected chi connectivity index (χ0v) is 25.6. The fourth-order valence-electron chi connectivity index (χ4n) is 4.29.